The Morgan fingerprint density at radius 2 is 2.00 bits per heavy atom. The molecule has 0 spiro atoms. The Kier molecular flexibility index (Phi) is 3.98. The molecule has 1 amide bonds. The first-order valence-corrected chi connectivity index (χ1v) is 6.16. The number of nitrogens with two attached hydrogens (primary N) is 1. The molecule has 5 nitrogen and oxygen atoms in total. The summed E-state index contributed by atoms with van der Waals surface area (Å²) in [6.07, 6.45) is -1.21. The summed E-state index contributed by atoms with van der Waals surface area (Å²) >= 11 is 0. The molecule has 2 aromatic rings. The average molecular weight is 290 g/mol. The Morgan fingerprint density at radius 3 is 2.57 bits per heavy atom. The quantitative estimate of drug-likeness (QED) is 0.755. The van der Waals surface area contributed by atoms with Crippen molar-refractivity contribution >= 4 is 17.5 Å². The number of amides is 1. The second kappa shape index (κ2) is 5.70. The minimum atomic E-state index is -1.21. The molecule has 0 fully saturated rings. The number of carboxylic acid groups (broad SMARTS) is 1. The van der Waals surface area contributed by atoms with E-state index in [9.17, 15) is 9.18 Å². The molecule has 0 bridgehead atoms. The van der Waals surface area contributed by atoms with Crippen molar-refractivity contribution in [3.63, 3.8) is 0 Å². The van der Waals surface area contributed by atoms with E-state index >= 15 is 0 Å². The van der Waals surface area contributed by atoms with Crippen LogP contribution < -0.4 is 15.8 Å². The number of halogens is 1. The second-order valence-corrected chi connectivity index (χ2v) is 4.53. The monoisotopic (exact) mass is 290 g/mol. The molecule has 6 heteroatoms. The number of nitrogen functional groups attached to an aromatic ring is 1. The summed E-state index contributed by atoms with van der Waals surface area (Å²) in [5.74, 6) is 0.120. The van der Waals surface area contributed by atoms with Crippen molar-refractivity contribution in [3.8, 4) is 16.9 Å². The maximum absolute atomic E-state index is 13.2. The van der Waals surface area contributed by atoms with Gasteiger partial charge in [-0.2, -0.15) is 0 Å². The van der Waals surface area contributed by atoms with Crippen LogP contribution in [-0.2, 0) is 0 Å². The Bertz CT molecular complexity index is 702. The number of rotatable bonds is 3. The first kappa shape index (κ1) is 14.6. The summed E-state index contributed by atoms with van der Waals surface area (Å²) in [6.45, 7) is 1.78. The van der Waals surface area contributed by atoms with Gasteiger partial charge in [-0.3, -0.25) is 5.32 Å². The first-order chi connectivity index (χ1) is 9.92. The van der Waals surface area contributed by atoms with E-state index in [1.54, 1.807) is 19.1 Å². The molecule has 0 aromatic heterocycles. The summed E-state index contributed by atoms with van der Waals surface area (Å²) < 4.78 is 18.5. The molecule has 110 valence electrons. The van der Waals surface area contributed by atoms with Gasteiger partial charge in [-0.15, -0.1) is 0 Å². The van der Waals surface area contributed by atoms with Crippen LogP contribution in [0.25, 0.3) is 11.1 Å². The summed E-state index contributed by atoms with van der Waals surface area (Å²) in [5.41, 5.74) is 8.52. The zero-order valence-corrected chi connectivity index (χ0v) is 11.6. The first-order valence-electron chi connectivity index (χ1n) is 6.16. The highest BCUT2D eigenvalue weighted by atomic mass is 19.1. The minimum absolute atomic E-state index is 0.239. The highest BCUT2D eigenvalue weighted by Gasteiger charge is 2.14. The van der Waals surface area contributed by atoms with Gasteiger partial charge >= 0.3 is 6.09 Å². The van der Waals surface area contributed by atoms with Gasteiger partial charge in [0.25, 0.3) is 0 Å². The maximum atomic E-state index is 13.2. The van der Waals surface area contributed by atoms with Crippen molar-refractivity contribution in [3.05, 3.63) is 41.7 Å². The predicted molar refractivity (Wildman–Crippen MR) is 79.2 cm³/mol. The van der Waals surface area contributed by atoms with Crippen LogP contribution in [0.4, 0.5) is 20.6 Å². The molecule has 0 saturated carbocycles. The molecule has 0 unspecified atom stereocenters. The molecular weight excluding hydrogens is 275 g/mol. The molecule has 2 rings (SSSR count). The molecule has 0 aliphatic rings. The van der Waals surface area contributed by atoms with Gasteiger partial charge in [0.05, 0.1) is 18.5 Å². The predicted octanol–water partition coefficient (Wildman–Crippen LogP) is 3.48. The van der Waals surface area contributed by atoms with Gasteiger partial charge in [0.15, 0.2) is 0 Å². The van der Waals surface area contributed by atoms with Crippen LogP contribution in [0.1, 0.15) is 5.56 Å². The van der Waals surface area contributed by atoms with Gasteiger partial charge in [-0.25, -0.2) is 9.18 Å². The van der Waals surface area contributed by atoms with E-state index in [-0.39, 0.29) is 17.2 Å². The van der Waals surface area contributed by atoms with Crippen LogP contribution in [0, 0.1) is 12.7 Å². The van der Waals surface area contributed by atoms with Gasteiger partial charge in [0, 0.05) is 11.6 Å². The fraction of sp³-hybridized carbons (Fsp3) is 0.133. The van der Waals surface area contributed by atoms with Gasteiger partial charge in [-0.1, -0.05) is 6.07 Å². The van der Waals surface area contributed by atoms with Crippen LogP contribution in [0.2, 0.25) is 0 Å². The number of nitrogens with one attached hydrogen (secondary N) is 1. The zero-order valence-electron chi connectivity index (χ0n) is 11.6. The molecule has 0 aliphatic heterocycles. The topological polar surface area (TPSA) is 84.6 Å². The van der Waals surface area contributed by atoms with Gasteiger partial charge < -0.3 is 15.6 Å². The Hall–Kier alpha value is -2.76. The highest BCUT2D eigenvalue weighted by molar-refractivity contribution is 5.91. The fourth-order valence-electron chi connectivity index (χ4n) is 2.13. The standard InChI is InChI=1S/C15H15FN2O3/c1-8-5-9(16)3-4-10(8)11-6-12(17)13(18-15(19)20)7-14(11)21-2/h3-7,18H,17H2,1-2H3,(H,19,20). The fourth-order valence-corrected chi connectivity index (χ4v) is 2.13. The van der Waals surface area contributed by atoms with E-state index in [1.165, 1.54) is 25.3 Å². The number of hydrogen-bond acceptors (Lipinski definition) is 3. The van der Waals surface area contributed by atoms with E-state index in [4.69, 9.17) is 15.6 Å². The van der Waals surface area contributed by atoms with Crippen LogP contribution in [0.15, 0.2) is 30.3 Å². The summed E-state index contributed by atoms with van der Waals surface area (Å²) in [7, 11) is 1.47. The lowest BCUT2D eigenvalue weighted by atomic mass is 9.98. The third-order valence-corrected chi connectivity index (χ3v) is 3.09. The third-order valence-electron chi connectivity index (χ3n) is 3.09. The van der Waals surface area contributed by atoms with E-state index < -0.39 is 6.09 Å². The van der Waals surface area contributed by atoms with Gasteiger partial charge in [0.1, 0.15) is 11.6 Å². The zero-order chi connectivity index (χ0) is 15.6. The Balaban J connectivity index is 2.58. The molecule has 21 heavy (non-hydrogen) atoms. The average Bonchev–Trinajstić information content (AvgIpc) is 2.40. The molecule has 0 aliphatic carbocycles. The number of ether oxygens (including phenoxy) is 1. The molecule has 0 saturated heterocycles. The Labute approximate surface area is 121 Å². The summed E-state index contributed by atoms with van der Waals surface area (Å²) in [4.78, 5) is 10.7. The number of hydrogen-bond donors (Lipinski definition) is 3. The number of anilines is 2. The van der Waals surface area contributed by atoms with Crippen molar-refractivity contribution in [2.24, 2.45) is 0 Å². The number of methoxy groups -OCH3 is 1. The van der Waals surface area contributed by atoms with Crippen molar-refractivity contribution in [1.29, 1.82) is 0 Å². The molecule has 0 heterocycles. The number of aryl methyl sites for hydroxylation is 1. The van der Waals surface area contributed by atoms with E-state index in [0.29, 0.717) is 11.3 Å². The molecule has 0 atom stereocenters. The van der Waals surface area contributed by atoms with Crippen LogP contribution in [0.5, 0.6) is 5.75 Å². The van der Waals surface area contributed by atoms with Crippen molar-refractivity contribution in [2.45, 2.75) is 6.92 Å². The molecule has 2 aromatic carbocycles. The second-order valence-electron chi connectivity index (χ2n) is 4.53. The lowest BCUT2D eigenvalue weighted by Crippen LogP contribution is -2.09. The van der Waals surface area contributed by atoms with Crippen LogP contribution in [0.3, 0.4) is 0 Å². The van der Waals surface area contributed by atoms with Gasteiger partial charge in [-0.05, 0) is 36.2 Å². The third kappa shape index (κ3) is 3.05. The maximum Gasteiger partial charge on any atom is 0.409 e. The molecule has 0 radical (unpaired) electrons. The van der Waals surface area contributed by atoms with Gasteiger partial charge in [0.2, 0.25) is 0 Å². The van der Waals surface area contributed by atoms with Crippen LogP contribution in [-0.4, -0.2) is 18.3 Å². The SMILES string of the molecule is COc1cc(NC(=O)O)c(N)cc1-c1ccc(F)cc1C. The summed E-state index contributed by atoms with van der Waals surface area (Å²) in [6, 6.07) is 7.49. The van der Waals surface area contributed by atoms with E-state index in [0.717, 1.165) is 11.1 Å². The number of benzene rings is 2. The van der Waals surface area contributed by atoms with Crippen LogP contribution >= 0.6 is 0 Å². The van der Waals surface area contributed by atoms with E-state index in [2.05, 4.69) is 5.32 Å². The largest absolute Gasteiger partial charge is 0.496 e. The van der Waals surface area contributed by atoms with Crippen molar-refractivity contribution in [2.75, 3.05) is 18.2 Å². The minimum Gasteiger partial charge on any atom is -0.496 e. The Morgan fingerprint density at radius 1 is 1.29 bits per heavy atom. The highest BCUT2D eigenvalue weighted by Crippen LogP contribution is 2.37. The smallest absolute Gasteiger partial charge is 0.409 e. The summed E-state index contributed by atoms with van der Waals surface area (Å²) in [5, 5.41) is 11.0. The van der Waals surface area contributed by atoms with Crippen molar-refractivity contribution < 1.29 is 19.0 Å². The van der Waals surface area contributed by atoms with Crippen molar-refractivity contribution in [1.82, 2.24) is 0 Å². The lowest BCUT2D eigenvalue weighted by Gasteiger charge is -2.15. The molecular formula is C15H15FN2O3. The molecule has 4 N–H and O–H groups in total. The normalized spacial score (nSPS) is 10.2. The lowest BCUT2D eigenvalue weighted by molar-refractivity contribution is 0.210. The van der Waals surface area contributed by atoms with E-state index in [1.807, 2.05) is 0 Å². The number of carbonyl (C=O) groups is 1.